The molecule has 0 aliphatic carbocycles. The summed E-state index contributed by atoms with van der Waals surface area (Å²) in [5, 5.41) is 23.4. The number of rotatable bonds is 12. The zero-order valence-electron chi connectivity index (χ0n) is 16.0. The second kappa shape index (κ2) is 12.1. The van der Waals surface area contributed by atoms with Crippen LogP contribution in [0.1, 0.15) is 40.0 Å². The van der Waals surface area contributed by atoms with Gasteiger partial charge in [-0.2, -0.15) is 0 Å². The number of guanidine groups is 1. The van der Waals surface area contributed by atoms with Crippen LogP contribution in [0.3, 0.4) is 0 Å². The number of aliphatic hydroxyl groups excluding tert-OH is 1. The summed E-state index contributed by atoms with van der Waals surface area (Å²) in [6.07, 6.45) is -0.217. The lowest BCUT2D eigenvalue weighted by atomic mass is 10.0. The molecule has 0 saturated heterocycles. The topological polar surface area (TPSA) is 206 Å². The van der Waals surface area contributed by atoms with Crippen molar-refractivity contribution >= 4 is 23.7 Å². The van der Waals surface area contributed by atoms with E-state index in [1.165, 1.54) is 6.92 Å². The molecule has 0 aromatic rings. The fourth-order valence-electron chi connectivity index (χ4n) is 2.27. The molecule has 0 aromatic carbocycles. The van der Waals surface area contributed by atoms with Gasteiger partial charge in [0.25, 0.3) is 0 Å². The molecule has 0 aromatic heterocycles. The number of aliphatic hydroxyl groups is 1. The third-order valence-electron chi connectivity index (χ3n) is 3.69. The Bertz CT molecular complexity index is 533. The average Bonchev–Trinajstić information content (AvgIpc) is 2.54. The monoisotopic (exact) mass is 388 g/mol. The van der Waals surface area contributed by atoms with E-state index in [1.807, 2.05) is 13.8 Å². The van der Waals surface area contributed by atoms with Gasteiger partial charge in [-0.3, -0.25) is 14.6 Å². The van der Waals surface area contributed by atoms with E-state index in [9.17, 15) is 19.5 Å². The first-order valence-corrected chi connectivity index (χ1v) is 8.78. The van der Waals surface area contributed by atoms with E-state index in [0.717, 1.165) is 0 Å². The molecule has 0 aliphatic heterocycles. The fourth-order valence-corrected chi connectivity index (χ4v) is 2.27. The lowest BCUT2D eigenvalue weighted by Gasteiger charge is -2.25. The summed E-state index contributed by atoms with van der Waals surface area (Å²) in [6, 6.07) is -3.31. The van der Waals surface area contributed by atoms with Crippen molar-refractivity contribution in [2.24, 2.45) is 28.1 Å². The predicted octanol–water partition coefficient (Wildman–Crippen LogP) is -2.15. The first-order chi connectivity index (χ1) is 12.5. The van der Waals surface area contributed by atoms with E-state index >= 15 is 0 Å². The Morgan fingerprint density at radius 2 is 1.67 bits per heavy atom. The van der Waals surface area contributed by atoms with Crippen LogP contribution in [0.2, 0.25) is 0 Å². The number of hydrogen-bond donors (Lipinski definition) is 7. The lowest BCUT2D eigenvalue weighted by Crippen LogP contribution is -2.56. The van der Waals surface area contributed by atoms with Crippen LogP contribution in [-0.2, 0) is 14.4 Å². The minimum absolute atomic E-state index is 0.0483. The zero-order chi connectivity index (χ0) is 21.1. The largest absolute Gasteiger partial charge is 0.480 e. The highest BCUT2D eigenvalue weighted by atomic mass is 16.4. The third-order valence-corrected chi connectivity index (χ3v) is 3.69. The summed E-state index contributed by atoms with van der Waals surface area (Å²) in [4.78, 5) is 39.6. The van der Waals surface area contributed by atoms with Gasteiger partial charge in [0.15, 0.2) is 12.0 Å². The van der Waals surface area contributed by atoms with Crippen molar-refractivity contribution in [3.05, 3.63) is 0 Å². The Morgan fingerprint density at radius 1 is 1.07 bits per heavy atom. The number of hydrogen-bond acceptors (Lipinski definition) is 6. The minimum atomic E-state index is -1.47. The first kappa shape index (κ1) is 24.6. The Hall–Kier alpha value is -2.40. The van der Waals surface area contributed by atoms with Crippen molar-refractivity contribution in [2.45, 2.75) is 64.3 Å². The molecule has 27 heavy (non-hydrogen) atoms. The van der Waals surface area contributed by atoms with E-state index in [2.05, 4.69) is 15.6 Å². The molecule has 0 saturated carbocycles. The van der Waals surface area contributed by atoms with Crippen LogP contribution in [0.5, 0.6) is 0 Å². The van der Waals surface area contributed by atoms with Crippen molar-refractivity contribution in [1.82, 2.24) is 10.6 Å². The van der Waals surface area contributed by atoms with Gasteiger partial charge in [-0.1, -0.05) is 13.8 Å². The molecule has 0 radical (unpaired) electrons. The molecule has 11 heteroatoms. The summed E-state index contributed by atoms with van der Waals surface area (Å²) in [6.45, 7) is 5.28. The van der Waals surface area contributed by atoms with E-state index < -0.39 is 42.0 Å². The van der Waals surface area contributed by atoms with Crippen LogP contribution in [-0.4, -0.2) is 64.7 Å². The predicted molar refractivity (Wildman–Crippen MR) is 101 cm³/mol. The van der Waals surface area contributed by atoms with Gasteiger partial charge in [-0.15, -0.1) is 0 Å². The highest BCUT2D eigenvalue weighted by Gasteiger charge is 2.30. The first-order valence-electron chi connectivity index (χ1n) is 8.78. The molecule has 11 nitrogen and oxygen atoms in total. The average molecular weight is 388 g/mol. The number of carboxylic acid groups (broad SMARTS) is 1. The van der Waals surface area contributed by atoms with Crippen LogP contribution in [0.4, 0.5) is 0 Å². The summed E-state index contributed by atoms with van der Waals surface area (Å²) in [5.41, 5.74) is 16.2. The number of nitrogens with zero attached hydrogens (tertiary/aromatic N) is 1. The molecule has 0 rings (SSSR count). The van der Waals surface area contributed by atoms with Gasteiger partial charge < -0.3 is 38.0 Å². The maximum Gasteiger partial charge on any atom is 0.328 e. The van der Waals surface area contributed by atoms with Crippen LogP contribution in [0, 0.1) is 5.92 Å². The normalized spacial score (nSPS) is 15.3. The highest BCUT2D eigenvalue weighted by Crippen LogP contribution is 2.07. The number of nitrogens with one attached hydrogen (secondary N) is 2. The number of nitrogens with two attached hydrogens (primary N) is 3. The van der Waals surface area contributed by atoms with Crippen LogP contribution in [0.15, 0.2) is 4.99 Å². The molecule has 0 unspecified atom stereocenters. The van der Waals surface area contributed by atoms with Crippen molar-refractivity contribution in [3.8, 4) is 0 Å². The summed E-state index contributed by atoms with van der Waals surface area (Å²) in [5.74, 6) is -2.60. The Labute approximate surface area is 158 Å². The van der Waals surface area contributed by atoms with Gasteiger partial charge in [-0.05, 0) is 32.1 Å². The molecule has 2 amide bonds. The van der Waals surface area contributed by atoms with Crippen LogP contribution in [0.25, 0.3) is 0 Å². The molecule has 0 spiro atoms. The van der Waals surface area contributed by atoms with Crippen molar-refractivity contribution in [3.63, 3.8) is 0 Å². The summed E-state index contributed by atoms with van der Waals surface area (Å²) >= 11 is 0. The molecule has 4 atom stereocenters. The molecular weight excluding hydrogens is 356 g/mol. The van der Waals surface area contributed by atoms with Crippen LogP contribution < -0.4 is 27.8 Å². The van der Waals surface area contributed by atoms with E-state index in [4.69, 9.17) is 22.3 Å². The van der Waals surface area contributed by atoms with Crippen molar-refractivity contribution in [2.75, 3.05) is 6.54 Å². The van der Waals surface area contributed by atoms with E-state index in [0.29, 0.717) is 19.4 Å². The van der Waals surface area contributed by atoms with Gasteiger partial charge in [0, 0.05) is 6.54 Å². The van der Waals surface area contributed by atoms with Gasteiger partial charge in [0.05, 0.1) is 12.1 Å². The second-order valence-electron chi connectivity index (χ2n) is 6.81. The molecular formula is C16H32N6O5. The number of aliphatic carboxylic acids is 1. The maximum absolute atomic E-state index is 12.4. The number of carboxylic acids is 1. The Balaban J connectivity index is 4.88. The SMILES string of the molecule is CC(C)C[C@H](NC(=O)[C@@H](N)CCCN=C(N)N)C(=O)N[C@H](C(=O)O)[C@@H](C)O. The molecule has 0 aliphatic rings. The fraction of sp³-hybridized carbons (Fsp3) is 0.750. The zero-order valence-corrected chi connectivity index (χ0v) is 16.0. The number of carbonyl (C=O) groups excluding carboxylic acids is 2. The Morgan fingerprint density at radius 3 is 2.11 bits per heavy atom. The molecule has 156 valence electrons. The number of amides is 2. The van der Waals surface area contributed by atoms with E-state index in [-0.39, 0.29) is 18.3 Å². The molecule has 0 fully saturated rings. The van der Waals surface area contributed by atoms with E-state index in [1.54, 1.807) is 0 Å². The number of aliphatic imine (C=N–C) groups is 1. The minimum Gasteiger partial charge on any atom is -0.480 e. The van der Waals surface area contributed by atoms with Crippen LogP contribution >= 0.6 is 0 Å². The van der Waals surface area contributed by atoms with Crippen molar-refractivity contribution < 1.29 is 24.6 Å². The Kier molecular flexibility index (Phi) is 11.0. The van der Waals surface area contributed by atoms with Gasteiger partial charge >= 0.3 is 5.97 Å². The molecule has 10 N–H and O–H groups in total. The molecule has 0 heterocycles. The van der Waals surface area contributed by atoms with Crippen molar-refractivity contribution in [1.29, 1.82) is 0 Å². The van der Waals surface area contributed by atoms with Gasteiger partial charge in [0.1, 0.15) is 6.04 Å². The van der Waals surface area contributed by atoms with Gasteiger partial charge in [-0.25, -0.2) is 4.79 Å². The summed E-state index contributed by atoms with van der Waals surface area (Å²) < 4.78 is 0. The lowest BCUT2D eigenvalue weighted by molar-refractivity contribution is -0.145. The smallest absolute Gasteiger partial charge is 0.328 e. The maximum atomic E-state index is 12.4. The van der Waals surface area contributed by atoms with Gasteiger partial charge in [0.2, 0.25) is 11.8 Å². The third kappa shape index (κ3) is 10.4. The second-order valence-corrected chi connectivity index (χ2v) is 6.81. The standard InChI is InChI=1S/C16H32N6O5/c1-8(2)7-11(14(25)22-12(9(3)23)15(26)27)21-13(24)10(17)5-4-6-20-16(18)19/h8-12,23H,4-7,17H2,1-3H3,(H,21,24)(H,22,25)(H,26,27)(H4,18,19,20)/t9-,10+,11+,12+/m1/s1. The quantitative estimate of drug-likeness (QED) is 0.111. The summed E-state index contributed by atoms with van der Waals surface area (Å²) in [7, 11) is 0. The number of carbonyl (C=O) groups is 3. The molecule has 0 bridgehead atoms. The highest BCUT2D eigenvalue weighted by molar-refractivity contribution is 5.91.